The first kappa shape index (κ1) is 23.3. The largest absolute Gasteiger partial charge is 0.460 e. The summed E-state index contributed by atoms with van der Waals surface area (Å²) < 4.78 is 58.8. The Kier molecular flexibility index (Phi) is 7.04. The van der Waals surface area contributed by atoms with E-state index in [1.807, 2.05) is 44.2 Å². The van der Waals surface area contributed by atoms with Crippen molar-refractivity contribution in [3.63, 3.8) is 0 Å². The molecule has 1 heterocycles. The number of rotatable bonds is 7. The highest BCUT2D eigenvalue weighted by Gasteiger charge is 2.47. The molecule has 1 aliphatic rings. The van der Waals surface area contributed by atoms with Gasteiger partial charge in [0.05, 0.1) is 11.0 Å². The van der Waals surface area contributed by atoms with Crippen molar-refractivity contribution in [3.8, 4) is 0 Å². The predicted molar refractivity (Wildman–Crippen MR) is 110 cm³/mol. The number of ether oxygens (including phenoxy) is 1. The molecule has 0 saturated carbocycles. The van der Waals surface area contributed by atoms with Crippen LogP contribution in [0.3, 0.4) is 0 Å². The summed E-state index contributed by atoms with van der Waals surface area (Å²) in [7, 11) is 0. The zero-order valence-corrected chi connectivity index (χ0v) is 17.6. The van der Waals surface area contributed by atoms with Gasteiger partial charge in [0.2, 0.25) is 0 Å². The van der Waals surface area contributed by atoms with E-state index in [0.29, 0.717) is 31.7 Å². The van der Waals surface area contributed by atoms with Crippen LogP contribution in [0.1, 0.15) is 62.3 Å². The molecule has 0 radical (unpaired) electrons. The minimum absolute atomic E-state index is 0.163. The highest BCUT2D eigenvalue weighted by atomic mass is 19.4. The first-order chi connectivity index (χ1) is 14.7. The lowest BCUT2D eigenvalue weighted by atomic mass is 9.75. The minimum Gasteiger partial charge on any atom is -0.460 e. The predicted octanol–water partition coefficient (Wildman–Crippen LogP) is 6.19. The monoisotopic (exact) mass is 437 g/mol. The molecule has 7 heteroatoms. The van der Waals surface area contributed by atoms with Crippen LogP contribution in [-0.4, -0.2) is 12.0 Å². The number of halogens is 4. The Hall–Kier alpha value is -2.41. The van der Waals surface area contributed by atoms with Gasteiger partial charge >= 0.3 is 12.1 Å². The van der Waals surface area contributed by atoms with Crippen molar-refractivity contribution in [1.82, 2.24) is 5.32 Å². The number of carbonyl (C=O) groups is 1. The van der Waals surface area contributed by atoms with Crippen molar-refractivity contribution >= 4 is 5.97 Å². The molecule has 1 N–H and O–H groups in total. The third kappa shape index (κ3) is 5.09. The lowest BCUT2D eigenvalue weighted by molar-refractivity contribution is -0.160. The molecule has 0 aliphatic carbocycles. The van der Waals surface area contributed by atoms with Crippen molar-refractivity contribution in [1.29, 1.82) is 0 Å². The molecule has 0 aromatic heterocycles. The first-order valence-corrected chi connectivity index (χ1v) is 10.5. The maximum absolute atomic E-state index is 13.9. The van der Waals surface area contributed by atoms with Crippen LogP contribution < -0.4 is 5.32 Å². The first-order valence-electron chi connectivity index (χ1n) is 10.5. The third-order valence-electron chi connectivity index (χ3n) is 6.34. The van der Waals surface area contributed by atoms with Crippen molar-refractivity contribution < 1.29 is 27.1 Å². The Morgan fingerprint density at radius 3 is 2.35 bits per heavy atom. The SMILES string of the molecule is CCC(CC)(C(=O)OCc1ccccc1)[C@H]1CC[C@@H](c2cc(F)cc(C(F)(F)F)c2)N1. The maximum atomic E-state index is 13.9. The van der Waals surface area contributed by atoms with Crippen LogP contribution in [-0.2, 0) is 22.3 Å². The molecule has 2 aromatic rings. The van der Waals surface area contributed by atoms with E-state index in [1.54, 1.807) is 0 Å². The van der Waals surface area contributed by atoms with E-state index in [9.17, 15) is 22.4 Å². The molecular formula is C24H27F4NO2. The molecule has 1 aliphatic heterocycles. The molecule has 168 valence electrons. The molecule has 1 fully saturated rings. The van der Waals surface area contributed by atoms with Crippen LogP contribution >= 0.6 is 0 Å². The van der Waals surface area contributed by atoms with E-state index in [4.69, 9.17) is 4.74 Å². The highest BCUT2D eigenvalue weighted by Crippen LogP contribution is 2.42. The highest BCUT2D eigenvalue weighted by molar-refractivity contribution is 5.78. The van der Waals surface area contributed by atoms with Gasteiger partial charge in [-0.3, -0.25) is 4.79 Å². The molecule has 3 rings (SSSR count). The molecule has 0 unspecified atom stereocenters. The summed E-state index contributed by atoms with van der Waals surface area (Å²) in [6.45, 7) is 3.98. The van der Waals surface area contributed by atoms with Gasteiger partial charge in [0.1, 0.15) is 12.4 Å². The number of carbonyl (C=O) groups excluding carboxylic acids is 1. The van der Waals surface area contributed by atoms with Crippen LogP contribution in [0.4, 0.5) is 17.6 Å². The second kappa shape index (κ2) is 9.39. The number of nitrogens with one attached hydrogen (secondary N) is 1. The number of alkyl halides is 3. The Balaban J connectivity index is 1.76. The molecule has 3 nitrogen and oxygen atoms in total. The Morgan fingerprint density at radius 2 is 1.74 bits per heavy atom. The summed E-state index contributed by atoms with van der Waals surface area (Å²) in [6.07, 6.45) is -2.46. The van der Waals surface area contributed by atoms with E-state index >= 15 is 0 Å². The van der Waals surface area contributed by atoms with E-state index in [2.05, 4.69) is 5.32 Å². The van der Waals surface area contributed by atoms with Gasteiger partial charge in [0.15, 0.2) is 0 Å². The van der Waals surface area contributed by atoms with Gasteiger partial charge in [0.25, 0.3) is 0 Å². The summed E-state index contributed by atoms with van der Waals surface area (Å²) in [5, 5.41) is 3.30. The van der Waals surface area contributed by atoms with Gasteiger partial charge < -0.3 is 10.1 Å². The summed E-state index contributed by atoms with van der Waals surface area (Å²) in [5.74, 6) is -1.25. The fraction of sp³-hybridized carbons (Fsp3) is 0.458. The molecule has 0 amide bonds. The quantitative estimate of drug-likeness (QED) is 0.415. The van der Waals surface area contributed by atoms with Crippen molar-refractivity contribution in [2.24, 2.45) is 5.41 Å². The second-order valence-corrected chi connectivity index (χ2v) is 8.05. The molecule has 31 heavy (non-hydrogen) atoms. The summed E-state index contributed by atoms with van der Waals surface area (Å²) >= 11 is 0. The standard InChI is InChI=1S/C24H27F4NO2/c1-3-23(4-2,22(30)31-15-16-8-6-5-7-9-16)21-11-10-20(29-21)17-12-18(24(26,27)28)14-19(25)13-17/h5-9,12-14,20-21,29H,3-4,10-11,15H2,1-2H3/t20-,21+/m0/s1. The Morgan fingerprint density at radius 1 is 1.06 bits per heavy atom. The summed E-state index contributed by atoms with van der Waals surface area (Å²) in [5.41, 5.74) is -0.682. The van der Waals surface area contributed by atoms with E-state index < -0.39 is 29.0 Å². The minimum atomic E-state index is -4.62. The summed E-state index contributed by atoms with van der Waals surface area (Å²) in [6, 6.07) is 11.2. The number of esters is 1. The maximum Gasteiger partial charge on any atom is 0.416 e. The van der Waals surface area contributed by atoms with Gasteiger partial charge in [-0.2, -0.15) is 13.2 Å². The van der Waals surface area contributed by atoms with Crippen LogP contribution in [0.15, 0.2) is 48.5 Å². The van der Waals surface area contributed by atoms with Crippen LogP contribution in [0.25, 0.3) is 0 Å². The van der Waals surface area contributed by atoms with Crippen LogP contribution in [0.2, 0.25) is 0 Å². The van der Waals surface area contributed by atoms with Gasteiger partial charge in [-0.1, -0.05) is 44.2 Å². The third-order valence-corrected chi connectivity index (χ3v) is 6.34. The topological polar surface area (TPSA) is 38.3 Å². The number of hydrogen-bond acceptors (Lipinski definition) is 3. The van der Waals surface area contributed by atoms with Gasteiger partial charge in [-0.15, -0.1) is 0 Å². The Bertz CT molecular complexity index is 894. The van der Waals surface area contributed by atoms with E-state index in [0.717, 1.165) is 17.7 Å². The van der Waals surface area contributed by atoms with Crippen LogP contribution in [0.5, 0.6) is 0 Å². The second-order valence-electron chi connectivity index (χ2n) is 8.05. The average Bonchev–Trinajstić information content (AvgIpc) is 3.24. The van der Waals surface area contributed by atoms with Gasteiger partial charge in [-0.25, -0.2) is 4.39 Å². The van der Waals surface area contributed by atoms with Gasteiger partial charge in [0, 0.05) is 12.1 Å². The zero-order chi connectivity index (χ0) is 22.6. The van der Waals surface area contributed by atoms with Crippen LogP contribution in [0, 0.1) is 11.2 Å². The van der Waals surface area contributed by atoms with Crippen molar-refractivity contribution in [2.75, 3.05) is 0 Å². The molecule has 2 aromatic carbocycles. The van der Waals surface area contributed by atoms with Gasteiger partial charge in [-0.05, 0) is 55.0 Å². The molecule has 0 spiro atoms. The molecule has 1 saturated heterocycles. The van der Waals surface area contributed by atoms with Crippen molar-refractivity contribution in [2.45, 2.75) is 64.4 Å². The fourth-order valence-electron chi connectivity index (χ4n) is 4.46. The summed E-state index contributed by atoms with van der Waals surface area (Å²) in [4.78, 5) is 13.1. The fourth-order valence-corrected chi connectivity index (χ4v) is 4.46. The number of benzene rings is 2. The molecular weight excluding hydrogens is 410 g/mol. The Labute approximate surface area is 179 Å². The normalized spacial score (nSPS) is 19.4. The lowest BCUT2D eigenvalue weighted by Crippen LogP contribution is -2.48. The van der Waals surface area contributed by atoms with E-state index in [-0.39, 0.29) is 24.2 Å². The zero-order valence-electron chi connectivity index (χ0n) is 17.6. The molecule has 2 atom stereocenters. The van der Waals surface area contributed by atoms with Crippen molar-refractivity contribution in [3.05, 3.63) is 71.0 Å². The average molecular weight is 437 g/mol. The number of hydrogen-bond donors (Lipinski definition) is 1. The lowest BCUT2D eigenvalue weighted by Gasteiger charge is -2.35. The van der Waals surface area contributed by atoms with E-state index in [1.165, 1.54) is 0 Å². The smallest absolute Gasteiger partial charge is 0.416 e. The molecule has 0 bridgehead atoms.